The Hall–Kier alpha value is -2.19. The maximum atomic E-state index is 13.5. The fourth-order valence-corrected chi connectivity index (χ4v) is 5.34. The van der Waals surface area contributed by atoms with E-state index in [0.717, 1.165) is 37.9 Å². The first-order chi connectivity index (χ1) is 14.4. The molecule has 1 atom stereocenters. The number of thiocarbonyl (C=S) groups is 1. The first-order valence-corrected chi connectivity index (χ1v) is 11.7. The van der Waals surface area contributed by atoms with Crippen molar-refractivity contribution in [3.05, 3.63) is 44.7 Å². The van der Waals surface area contributed by atoms with E-state index >= 15 is 0 Å². The molecule has 0 saturated carbocycles. The summed E-state index contributed by atoms with van der Waals surface area (Å²) in [5.74, 6) is 0.537. The molecule has 0 radical (unpaired) electrons. The zero-order valence-corrected chi connectivity index (χ0v) is 19.2. The standard InChI is InChI=1S/C22H26N4O2S2/c1-4-15(3)26-21(28)17(30-22(26)29)12-16-19(24-10-6-5-7-11-24)23-18-9-8-14(2)13-25(18)20(16)27/h8-9,12-13,15H,4-7,10-11H2,1-3H3. The van der Waals surface area contributed by atoms with Gasteiger partial charge < -0.3 is 4.90 Å². The van der Waals surface area contributed by atoms with Crippen molar-refractivity contribution in [3.8, 4) is 0 Å². The molecule has 158 valence electrons. The molecular formula is C22H26N4O2S2. The molecule has 0 N–H and O–H groups in total. The van der Waals surface area contributed by atoms with Crippen LogP contribution in [0.3, 0.4) is 0 Å². The van der Waals surface area contributed by atoms with E-state index in [1.807, 2.05) is 32.9 Å². The molecule has 0 spiro atoms. The highest BCUT2D eigenvalue weighted by Crippen LogP contribution is 2.35. The average Bonchev–Trinajstić information content (AvgIpc) is 3.03. The number of hydrogen-bond donors (Lipinski definition) is 0. The second-order valence-corrected chi connectivity index (χ2v) is 9.62. The summed E-state index contributed by atoms with van der Waals surface area (Å²) in [5.41, 5.74) is 1.91. The van der Waals surface area contributed by atoms with Crippen LogP contribution in [0.25, 0.3) is 11.7 Å². The Labute approximate surface area is 186 Å². The fraction of sp³-hybridized carbons (Fsp3) is 0.455. The van der Waals surface area contributed by atoms with E-state index in [1.165, 1.54) is 18.2 Å². The summed E-state index contributed by atoms with van der Waals surface area (Å²) in [6, 6.07) is 3.86. The Morgan fingerprint density at radius 3 is 2.67 bits per heavy atom. The highest BCUT2D eigenvalue weighted by molar-refractivity contribution is 8.26. The van der Waals surface area contributed by atoms with E-state index in [0.29, 0.717) is 26.3 Å². The van der Waals surface area contributed by atoms with Gasteiger partial charge >= 0.3 is 0 Å². The highest BCUT2D eigenvalue weighted by atomic mass is 32.2. The summed E-state index contributed by atoms with van der Waals surface area (Å²) in [4.78, 5) is 35.7. The number of carbonyl (C=O) groups is 1. The Morgan fingerprint density at radius 1 is 1.23 bits per heavy atom. The molecular weight excluding hydrogens is 416 g/mol. The molecule has 2 fully saturated rings. The van der Waals surface area contributed by atoms with E-state index in [9.17, 15) is 9.59 Å². The van der Waals surface area contributed by atoms with Crippen molar-refractivity contribution >= 4 is 51.7 Å². The maximum absolute atomic E-state index is 13.5. The van der Waals surface area contributed by atoms with Gasteiger partial charge in [-0.2, -0.15) is 0 Å². The third-order valence-electron chi connectivity index (χ3n) is 5.77. The lowest BCUT2D eigenvalue weighted by Crippen LogP contribution is -2.36. The lowest BCUT2D eigenvalue weighted by atomic mass is 10.1. The van der Waals surface area contributed by atoms with Crippen LogP contribution in [0.15, 0.2) is 28.0 Å². The van der Waals surface area contributed by atoms with Crippen molar-refractivity contribution in [2.24, 2.45) is 0 Å². The molecule has 1 unspecified atom stereocenters. The molecule has 30 heavy (non-hydrogen) atoms. The number of carbonyl (C=O) groups excluding carboxylic acids is 1. The summed E-state index contributed by atoms with van der Waals surface area (Å²) >= 11 is 6.72. The van der Waals surface area contributed by atoms with Gasteiger partial charge in [0, 0.05) is 25.3 Å². The van der Waals surface area contributed by atoms with Crippen molar-refractivity contribution in [3.63, 3.8) is 0 Å². The van der Waals surface area contributed by atoms with Crippen LogP contribution in [0.1, 0.15) is 50.7 Å². The molecule has 2 aromatic rings. The Kier molecular flexibility index (Phi) is 5.97. The maximum Gasteiger partial charge on any atom is 0.267 e. The smallest absolute Gasteiger partial charge is 0.267 e. The molecule has 8 heteroatoms. The van der Waals surface area contributed by atoms with Gasteiger partial charge in [0.1, 0.15) is 15.8 Å². The Balaban J connectivity index is 1.87. The van der Waals surface area contributed by atoms with Crippen LogP contribution in [0.5, 0.6) is 0 Å². The molecule has 2 saturated heterocycles. The monoisotopic (exact) mass is 442 g/mol. The Bertz CT molecular complexity index is 1100. The number of aromatic nitrogens is 2. The minimum atomic E-state index is -0.155. The zero-order valence-electron chi connectivity index (χ0n) is 17.6. The molecule has 0 bridgehead atoms. The summed E-state index contributed by atoms with van der Waals surface area (Å²) in [7, 11) is 0. The predicted molar refractivity (Wildman–Crippen MR) is 127 cm³/mol. The molecule has 2 aliphatic rings. The van der Waals surface area contributed by atoms with Gasteiger partial charge in [0.2, 0.25) is 0 Å². The zero-order chi connectivity index (χ0) is 21.4. The Morgan fingerprint density at radius 2 is 1.97 bits per heavy atom. The SMILES string of the molecule is CCC(C)N1C(=O)C(=Cc2c(N3CCCCC3)nc3ccc(C)cn3c2=O)SC1=S. The van der Waals surface area contributed by atoms with Gasteiger partial charge in [-0.15, -0.1) is 0 Å². The summed E-state index contributed by atoms with van der Waals surface area (Å²) in [6.07, 6.45) is 7.65. The van der Waals surface area contributed by atoms with Gasteiger partial charge in [-0.25, -0.2) is 4.98 Å². The predicted octanol–water partition coefficient (Wildman–Crippen LogP) is 3.99. The number of hydrogen-bond acceptors (Lipinski definition) is 6. The molecule has 0 aliphatic carbocycles. The van der Waals surface area contributed by atoms with Crippen molar-refractivity contribution in [2.75, 3.05) is 18.0 Å². The van der Waals surface area contributed by atoms with Crippen LogP contribution < -0.4 is 10.5 Å². The fourth-order valence-electron chi connectivity index (χ4n) is 3.89. The summed E-state index contributed by atoms with van der Waals surface area (Å²) < 4.78 is 2.12. The molecule has 2 aliphatic heterocycles. The quantitative estimate of drug-likeness (QED) is 0.527. The van der Waals surface area contributed by atoms with Gasteiger partial charge in [-0.3, -0.25) is 18.9 Å². The minimum Gasteiger partial charge on any atom is -0.356 e. The summed E-state index contributed by atoms with van der Waals surface area (Å²) in [5, 5.41) is 0. The molecule has 2 aromatic heterocycles. The number of thioether (sulfide) groups is 1. The molecule has 1 amide bonds. The average molecular weight is 443 g/mol. The van der Waals surface area contributed by atoms with Gasteiger partial charge in [0.25, 0.3) is 11.5 Å². The molecule has 4 rings (SSSR count). The number of aryl methyl sites for hydroxylation is 1. The lowest BCUT2D eigenvalue weighted by molar-refractivity contribution is -0.123. The number of anilines is 1. The van der Waals surface area contributed by atoms with Gasteiger partial charge in [0.15, 0.2) is 0 Å². The number of fused-ring (bicyclic) bond motifs is 1. The largest absolute Gasteiger partial charge is 0.356 e. The van der Waals surface area contributed by atoms with Gasteiger partial charge in [-0.1, -0.05) is 37.0 Å². The highest BCUT2D eigenvalue weighted by Gasteiger charge is 2.35. The number of amides is 1. The van der Waals surface area contributed by atoms with Gasteiger partial charge in [0.05, 0.1) is 10.5 Å². The number of piperidine rings is 1. The van der Waals surface area contributed by atoms with E-state index in [2.05, 4.69) is 4.90 Å². The molecule has 0 aromatic carbocycles. The van der Waals surface area contributed by atoms with Crippen LogP contribution in [-0.4, -0.2) is 43.6 Å². The van der Waals surface area contributed by atoms with Crippen LogP contribution in [0.2, 0.25) is 0 Å². The van der Waals surface area contributed by atoms with E-state index < -0.39 is 0 Å². The minimum absolute atomic E-state index is 0.0310. The van der Waals surface area contributed by atoms with Crippen molar-refractivity contribution in [1.82, 2.24) is 14.3 Å². The first-order valence-electron chi connectivity index (χ1n) is 10.5. The van der Waals surface area contributed by atoms with Crippen LogP contribution in [0, 0.1) is 6.92 Å². The van der Waals surface area contributed by atoms with E-state index in [-0.39, 0.29) is 17.5 Å². The van der Waals surface area contributed by atoms with Crippen LogP contribution in [0.4, 0.5) is 5.82 Å². The number of nitrogens with zero attached hydrogens (tertiary/aromatic N) is 4. The first kappa shape index (κ1) is 21.1. The van der Waals surface area contributed by atoms with Gasteiger partial charge in [-0.05, 0) is 57.2 Å². The molecule has 6 nitrogen and oxygen atoms in total. The van der Waals surface area contributed by atoms with Crippen molar-refractivity contribution in [2.45, 2.75) is 52.5 Å². The third-order valence-corrected chi connectivity index (χ3v) is 7.10. The lowest BCUT2D eigenvalue weighted by Gasteiger charge is -2.29. The number of pyridine rings is 1. The normalized spacial score (nSPS) is 19.9. The number of rotatable bonds is 4. The third kappa shape index (κ3) is 3.78. The van der Waals surface area contributed by atoms with Crippen molar-refractivity contribution in [1.29, 1.82) is 0 Å². The summed E-state index contributed by atoms with van der Waals surface area (Å²) in [6.45, 7) is 7.69. The second-order valence-electron chi connectivity index (χ2n) is 7.95. The second kappa shape index (κ2) is 8.51. The van der Waals surface area contributed by atoms with Crippen LogP contribution in [-0.2, 0) is 4.79 Å². The molecule has 4 heterocycles. The van der Waals surface area contributed by atoms with E-state index in [4.69, 9.17) is 17.2 Å². The van der Waals surface area contributed by atoms with Crippen LogP contribution >= 0.6 is 24.0 Å². The topological polar surface area (TPSA) is 57.9 Å². The van der Waals surface area contributed by atoms with Crippen molar-refractivity contribution < 1.29 is 4.79 Å². The van der Waals surface area contributed by atoms with E-state index in [1.54, 1.807) is 21.6 Å².